The molecule has 0 saturated heterocycles. The van der Waals surface area contributed by atoms with E-state index in [0.717, 1.165) is 47.4 Å². The molecule has 0 spiro atoms. The molecular weight excluding hydrogens is 219 g/mol. The summed E-state index contributed by atoms with van der Waals surface area (Å²) in [6, 6.07) is 4.62. The van der Waals surface area contributed by atoms with Crippen LogP contribution in [-0.2, 0) is 13.0 Å². The normalized spacial score (nSPS) is 14.7. The van der Waals surface area contributed by atoms with Gasteiger partial charge in [-0.3, -0.25) is 4.98 Å². The third-order valence-corrected chi connectivity index (χ3v) is 3.13. The fraction of sp³-hybridized carbons (Fsp3) is 0.308. The Morgan fingerprint density at radius 2 is 2.29 bits per heavy atom. The summed E-state index contributed by atoms with van der Waals surface area (Å²) < 4.78 is 18.7. The largest absolute Gasteiger partial charge is 0.496 e. The summed E-state index contributed by atoms with van der Waals surface area (Å²) in [5.74, 6) is 0.484. The maximum atomic E-state index is 13.3. The van der Waals surface area contributed by atoms with E-state index in [9.17, 15) is 4.39 Å². The fourth-order valence-electron chi connectivity index (χ4n) is 2.34. The second-order valence-electron chi connectivity index (χ2n) is 4.16. The Hall–Kier alpha value is -1.68. The molecule has 0 fully saturated rings. The van der Waals surface area contributed by atoms with Crippen LogP contribution in [0.4, 0.5) is 4.39 Å². The van der Waals surface area contributed by atoms with Gasteiger partial charge < -0.3 is 10.1 Å². The van der Waals surface area contributed by atoms with Crippen LogP contribution < -0.4 is 10.1 Å². The minimum atomic E-state index is -0.263. The summed E-state index contributed by atoms with van der Waals surface area (Å²) in [5.41, 5.74) is 2.90. The molecule has 17 heavy (non-hydrogen) atoms. The van der Waals surface area contributed by atoms with Gasteiger partial charge >= 0.3 is 0 Å². The summed E-state index contributed by atoms with van der Waals surface area (Å²) in [6.45, 7) is 1.66. The van der Waals surface area contributed by atoms with Crippen molar-refractivity contribution in [1.82, 2.24) is 10.3 Å². The molecule has 1 aliphatic rings. The number of nitrogens with one attached hydrogen (secondary N) is 1. The molecule has 0 saturated carbocycles. The van der Waals surface area contributed by atoms with Crippen LogP contribution in [-0.4, -0.2) is 18.6 Å². The van der Waals surface area contributed by atoms with Crippen LogP contribution in [0.15, 0.2) is 18.2 Å². The van der Waals surface area contributed by atoms with Gasteiger partial charge in [0.15, 0.2) is 0 Å². The van der Waals surface area contributed by atoms with Crippen molar-refractivity contribution in [2.24, 2.45) is 0 Å². The Balaban J connectivity index is 2.35. The van der Waals surface area contributed by atoms with Gasteiger partial charge in [-0.05, 0) is 18.2 Å². The van der Waals surface area contributed by atoms with Gasteiger partial charge in [0, 0.05) is 30.5 Å². The molecule has 88 valence electrons. The zero-order chi connectivity index (χ0) is 11.8. The van der Waals surface area contributed by atoms with Crippen LogP contribution in [0.1, 0.15) is 11.3 Å². The third-order valence-electron chi connectivity index (χ3n) is 3.13. The van der Waals surface area contributed by atoms with E-state index in [1.165, 1.54) is 12.1 Å². The van der Waals surface area contributed by atoms with E-state index in [4.69, 9.17) is 4.74 Å². The van der Waals surface area contributed by atoms with Crippen LogP contribution in [0.25, 0.3) is 10.9 Å². The SMILES string of the molecule is COc1c2c(nc3ccc(F)cc13)CCNC2. The molecule has 4 heteroatoms. The highest BCUT2D eigenvalue weighted by Crippen LogP contribution is 2.32. The van der Waals surface area contributed by atoms with Gasteiger partial charge in [-0.2, -0.15) is 0 Å². The Morgan fingerprint density at radius 3 is 3.12 bits per heavy atom. The highest BCUT2D eigenvalue weighted by molar-refractivity contribution is 5.87. The number of benzene rings is 1. The molecule has 0 bridgehead atoms. The highest BCUT2D eigenvalue weighted by Gasteiger charge is 2.18. The number of aromatic nitrogens is 1. The van der Waals surface area contributed by atoms with E-state index in [1.807, 2.05) is 0 Å². The second-order valence-corrected chi connectivity index (χ2v) is 4.16. The Kier molecular flexibility index (Phi) is 2.44. The summed E-state index contributed by atoms with van der Waals surface area (Å²) in [5, 5.41) is 4.03. The lowest BCUT2D eigenvalue weighted by molar-refractivity contribution is 0.408. The minimum Gasteiger partial charge on any atom is -0.496 e. The third kappa shape index (κ3) is 1.65. The van der Waals surface area contributed by atoms with Gasteiger partial charge in [-0.1, -0.05) is 0 Å². The summed E-state index contributed by atoms with van der Waals surface area (Å²) in [7, 11) is 1.62. The first kappa shape index (κ1) is 10.5. The number of ether oxygens (including phenoxy) is 1. The Bertz CT molecular complexity index is 583. The fourth-order valence-corrected chi connectivity index (χ4v) is 2.34. The van der Waals surface area contributed by atoms with Gasteiger partial charge in [-0.25, -0.2) is 4.39 Å². The molecule has 1 aromatic carbocycles. The van der Waals surface area contributed by atoms with Crippen molar-refractivity contribution in [1.29, 1.82) is 0 Å². The average Bonchev–Trinajstić information content (AvgIpc) is 2.36. The van der Waals surface area contributed by atoms with Crippen molar-refractivity contribution >= 4 is 10.9 Å². The lowest BCUT2D eigenvalue weighted by Crippen LogP contribution is -2.25. The highest BCUT2D eigenvalue weighted by atomic mass is 19.1. The quantitative estimate of drug-likeness (QED) is 0.816. The van der Waals surface area contributed by atoms with Crippen LogP contribution in [0.2, 0.25) is 0 Å². The predicted molar refractivity (Wildman–Crippen MR) is 63.7 cm³/mol. The zero-order valence-electron chi connectivity index (χ0n) is 9.59. The molecule has 0 unspecified atom stereocenters. The van der Waals surface area contributed by atoms with Crippen LogP contribution >= 0.6 is 0 Å². The first-order chi connectivity index (χ1) is 8.29. The molecule has 3 nitrogen and oxygen atoms in total. The first-order valence-electron chi connectivity index (χ1n) is 5.65. The van der Waals surface area contributed by atoms with Crippen molar-refractivity contribution in [3.8, 4) is 5.75 Å². The molecule has 3 rings (SSSR count). The van der Waals surface area contributed by atoms with E-state index in [1.54, 1.807) is 13.2 Å². The summed E-state index contributed by atoms with van der Waals surface area (Å²) in [4.78, 5) is 4.58. The average molecular weight is 232 g/mol. The van der Waals surface area contributed by atoms with Crippen LogP contribution in [0.3, 0.4) is 0 Å². The van der Waals surface area contributed by atoms with E-state index >= 15 is 0 Å². The van der Waals surface area contributed by atoms with Crippen molar-refractivity contribution in [2.75, 3.05) is 13.7 Å². The van der Waals surface area contributed by atoms with Crippen molar-refractivity contribution in [3.63, 3.8) is 0 Å². The number of fused-ring (bicyclic) bond motifs is 2. The summed E-state index contributed by atoms with van der Waals surface area (Å²) >= 11 is 0. The molecule has 1 N–H and O–H groups in total. The topological polar surface area (TPSA) is 34.1 Å². The van der Waals surface area contributed by atoms with Gasteiger partial charge in [0.2, 0.25) is 0 Å². The van der Waals surface area contributed by atoms with Gasteiger partial charge in [0.25, 0.3) is 0 Å². The molecule has 0 atom stereocenters. The monoisotopic (exact) mass is 232 g/mol. The first-order valence-corrected chi connectivity index (χ1v) is 5.65. The molecule has 0 amide bonds. The molecule has 2 heterocycles. The molecule has 0 aliphatic carbocycles. The number of nitrogens with zero attached hydrogens (tertiary/aromatic N) is 1. The van der Waals surface area contributed by atoms with Crippen molar-refractivity contribution < 1.29 is 9.13 Å². The number of hydrogen-bond acceptors (Lipinski definition) is 3. The number of halogens is 1. The van der Waals surface area contributed by atoms with Gasteiger partial charge in [-0.15, -0.1) is 0 Å². The predicted octanol–water partition coefficient (Wildman–Crippen LogP) is 2.03. The van der Waals surface area contributed by atoms with Crippen LogP contribution in [0.5, 0.6) is 5.75 Å². The molecule has 0 radical (unpaired) electrons. The van der Waals surface area contributed by atoms with E-state index < -0.39 is 0 Å². The smallest absolute Gasteiger partial charge is 0.134 e. The number of pyridine rings is 1. The minimum absolute atomic E-state index is 0.263. The van der Waals surface area contributed by atoms with Crippen LogP contribution in [0, 0.1) is 5.82 Å². The second kappa shape index (κ2) is 3.96. The zero-order valence-corrected chi connectivity index (χ0v) is 9.59. The maximum absolute atomic E-state index is 13.3. The van der Waals surface area contributed by atoms with Crippen molar-refractivity contribution in [3.05, 3.63) is 35.3 Å². The number of hydrogen-bond donors (Lipinski definition) is 1. The van der Waals surface area contributed by atoms with Crippen molar-refractivity contribution in [2.45, 2.75) is 13.0 Å². The van der Waals surface area contributed by atoms with Gasteiger partial charge in [0.05, 0.1) is 18.3 Å². The molecule has 1 aromatic heterocycles. The Labute approximate surface area is 98.6 Å². The summed E-state index contributed by atoms with van der Waals surface area (Å²) in [6.07, 6.45) is 0.888. The van der Waals surface area contributed by atoms with Gasteiger partial charge in [0.1, 0.15) is 11.6 Å². The molecule has 2 aromatic rings. The van der Waals surface area contributed by atoms with E-state index in [2.05, 4.69) is 10.3 Å². The van der Waals surface area contributed by atoms with E-state index in [-0.39, 0.29) is 5.82 Å². The lowest BCUT2D eigenvalue weighted by Gasteiger charge is -2.20. The Morgan fingerprint density at radius 1 is 1.41 bits per heavy atom. The van der Waals surface area contributed by atoms with E-state index in [0.29, 0.717) is 0 Å². The lowest BCUT2D eigenvalue weighted by atomic mass is 10.0. The standard InChI is InChI=1S/C13H13FN2O/c1-17-13-9-6-8(14)2-3-11(9)16-12-4-5-15-7-10(12)13/h2-3,6,15H,4-5,7H2,1H3. The molecule has 1 aliphatic heterocycles. The molecular formula is C13H13FN2O. The number of methoxy groups -OCH3 is 1. The number of rotatable bonds is 1. The maximum Gasteiger partial charge on any atom is 0.134 e.